The molecular formula is C56H82N14O19. The number of nitrogens with one attached hydrogen (secondary N) is 11. The molecule has 0 aliphatic carbocycles. The molecule has 0 saturated carbocycles. The Bertz CT molecular complexity index is 2870. The number of nitrogens with zero attached hydrogens (tertiary/aromatic N) is 2. The smallest absolute Gasteiger partial charge is 0.303 e. The van der Waals surface area contributed by atoms with Crippen LogP contribution in [0.2, 0.25) is 0 Å². The third-order valence-corrected chi connectivity index (χ3v) is 14.0. The Labute approximate surface area is 511 Å². The zero-order valence-corrected chi connectivity index (χ0v) is 50.5. The summed E-state index contributed by atoms with van der Waals surface area (Å²) in [7, 11) is 0. The number of primary amides is 1. The summed E-state index contributed by atoms with van der Waals surface area (Å²) >= 11 is 0. The number of aromatic hydroxyl groups is 1. The third-order valence-electron chi connectivity index (χ3n) is 14.0. The van der Waals surface area contributed by atoms with Gasteiger partial charge < -0.3 is 89.2 Å². The SMILES string of the molecule is CCCC(NC(=O)C1CCCN1C(=O)C(NC(=O)C(NC(=O)C(CCC(=O)O)NC(=O)C(CCC(=O)O)NC(C)=O)C(C)C)C(C)C)C(=O)C(=O)NCC(=O)NCC(=O)NC(Cc1cnc[nH]1)C(=O)NC(Cc1ccc(O)cc1)C(=O)NC(C(N)=O)C(C)O. The quantitative estimate of drug-likeness (QED) is 0.0283. The van der Waals surface area contributed by atoms with Gasteiger partial charge in [0.25, 0.3) is 5.91 Å². The number of aromatic nitrogens is 2. The number of likely N-dealkylation sites (tertiary alicyclic amines) is 1. The number of carbonyl (C=O) groups excluding carboxylic acids is 13. The molecule has 12 amide bonds. The Morgan fingerprint density at radius 1 is 0.629 bits per heavy atom. The standard InChI is InChI=1S/C56H82N14O19/c1-8-10-34(47(80)55(88)60-24-40(74)59-25-41(75)63-38(22-32-23-58-26-61-32)51(84)66-37(21-31-12-14-33(73)15-13-31)52(85)69-46(29(6)71)48(57)81)64-53(86)39-11-9-20-70(39)56(89)45(28(4)5)68-54(87)44(27(2)3)67-50(83)36(17-19-43(78)79)65-49(82)35(62-30(7)72)16-18-42(76)77/h12-15,23,26-29,34-39,44-46,71,73H,8-11,16-22,24-25H2,1-7H3,(H2,57,81)(H,58,61)(H,59,74)(H,60,88)(H,62,72)(H,63,75)(H,64,86)(H,65,82)(H,66,84)(H,67,83)(H,68,87)(H,69,85)(H,76,77)(H,78,79). The number of nitrogens with two attached hydrogens (primary N) is 1. The van der Waals surface area contributed by atoms with E-state index in [0.717, 1.165) is 6.92 Å². The van der Waals surface area contributed by atoms with Crippen molar-refractivity contribution in [3.05, 3.63) is 48.0 Å². The molecule has 1 aliphatic heterocycles. The summed E-state index contributed by atoms with van der Waals surface area (Å²) in [5.74, 6) is -16.4. The van der Waals surface area contributed by atoms with E-state index in [1.54, 1.807) is 34.6 Å². The van der Waals surface area contributed by atoms with Gasteiger partial charge in [-0.1, -0.05) is 53.2 Å². The Hall–Kier alpha value is -9.56. The minimum absolute atomic E-state index is 0.0300. The van der Waals surface area contributed by atoms with E-state index >= 15 is 0 Å². The average molecular weight is 1260 g/mol. The molecule has 1 fully saturated rings. The number of aliphatic carboxylic acids is 2. The molecule has 0 radical (unpaired) electrons. The lowest BCUT2D eigenvalue weighted by Crippen LogP contribution is -2.61. The first-order valence-corrected chi connectivity index (χ1v) is 28.8. The van der Waals surface area contributed by atoms with Crippen LogP contribution in [0.3, 0.4) is 0 Å². The molecule has 33 heteroatoms. The number of aliphatic hydroxyl groups is 1. The number of rotatable bonds is 37. The molecule has 0 bridgehead atoms. The fraction of sp³-hybridized carbons (Fsp3) is 0.571. The van der Waals surface area contributed by atoms with Crippen molar-refractivity contribution in [3.8, 4) is 5.75 Å². The summed E-state index contributed by atoms with van der Waals surface area (Å²) in [5, 5.41) is 62.3. The van der Waals surface area contributed by atoms with Gasteiger partial charge in [-0.3, -0.25) is 71.9 Å². The van der Waals surface area contributed by atoms with E-state index in [-0.39, 0.29) is 50.8 Å². The molecule has 490 valence electrons. The number of carboxylic acids is 2. The van der Waals surface area contributed by atoms with Crippen LogP contribution in [-0.2, 0) is 84.8 Å². The summed E-state index contributed by atoms with van der Waals surface area (Å²) in [5.41, 5.74) is 6.16. The summed E-state index contributed by atoms with van der Waals surface area (Å²) in [6.07, 6.45) is -0.608. The molecule has 2 heterocycles. The predicted octanol–water partition coefficient (Wildman–Crippen LogP) is -4.70. The molecule has 1 aromatic carbocycles. The van der Waals surface area contributed by atoms with Gasteiger partial charge in [0.2, 0.25) is 70.8 Å². The van der Waals surface area contributed by atoms with Crippen molar-refractivity contribution in [1.82, 2.24) is 68.0 Å². The maximum atomic E-state index is 14.3. The topological polar surface area (TPSA) is 515 Å². The molecule has 1 aromatic heterocycles. The van der Waals surface area contributed by atoms with Gasteiger partial charge in [0.05, 0.1) is 31.6 Å². The lowest BCUT2D eigenvalue weighted by molar-refractivity contribution is -0.144. The fourth-order valence-corrected chi connectivity index (χ4v) is 9.19. The largest absolute Gasteiger partial charge is 0.508 e. The van der Waals surface area contributed by atoms with Gasteiger partial charge in [0, 0.05) is 51.0 Å². The highest BCUT2D eigenvalue weighted by Gasteiger charge is 2.42. The van der Waals surface area contributed by atoms with Gasteiger partial charge in [-0.25, -0.2) is 4.98 Å². The molecule has 3 rings (SSSR count). The number of imidazole rings is 1. The summed E-state index contributed by atoms with van der Waals surface area (Å²) in [4.78, 5) is 204. The van der Waals surface area contributed by atoms with Crippen LogP contribution in [0, 0.1) is 11.8 Å². The number of carbonyl (C=O) groups is 15. The molecule has 89 heavy (non-hydrogen) atoms. The van der Waals surface area contributed by atoms with Gasteiger partial charge in [0.15, 0.2) is 0 Å². The van der Waals surface area contributed by atoms with Crippen LogP contribution in [0.1, 0.15) is 111 Å². The van der Waals surface area contributed by atoms with Gasteiger partial charge in [-0.15, -0.1) is 0 Å². The Morgan fingerprint density at radius 2 is 1.16 bits per heavy atom. The summed E-state index contributed by atoms with van der Waals surface area (Å²) < 4.78 is 0. The van der Waals surface area contributed by atoms with Gasteiger partial charge in [-0.05, 0) is 68.6 Å². The number of Topliss-reactive ketones (excluding diaryl/α,β-unsaturated/α-hetero) is 1. The summed E-state index contributed by atoms with van der Waals surface area (Å²) in [6, 6.07) is -7.22. The monoisotopic (exact) mass is 1250 g/mol. The first-order valence-electron chi connectivity index (χ1n) is 28.8. The fourth-order valence-electron chi connectivity index (χ4n) is 9.19. The van der Waals surface area contributed by atoms with E-state index in [0.29, 0.717) is 17.7 Å². The van der Waals surface area contributed by atoms with Crippen molar-refractivity contribution in [2.24, 2.45) is 17.6 Å². The number of hydrogen-bond acceptors (Lipinski definition) is 18. The lowest BCUT2D eigenvalue weighted by Gasteiger charge is -2.33. The number of phenols is 1. The number of aromatic amines is 1. The predicted molar refractivity (Wildman–Crippen MR) is 310 cm³/mol. The second-order valence-electron chi connectivity index (χ2n) is 22.0. The third kappa shape index (κ3) is 24.6. The maximum Gasteiger partial charge on any atom is 0.303 e. The van der Waals surface area contributed by atoms with Crippen molar-refractivity contribution in [2.75, 3.05) is 19.6 Å². The van der Waals surface area contributed by atoms with Crippen LogP contribution in [-0.4, -0.2) is 204 Å². The molecule has 2 aromatic rings. The van der Waals surface area contributed by atoms with Crippen molar-refractivity contribution in [1.29, 1.82) is 0 Å². The zero-order valence-electron chi connectivity index (χ0n) is 50.5. The molecule has 10 atom stereocenters. The number of ketones is 1. The highest BCUT2D eigenvalue weighted by Crippen LogP contribution is 2.22. The number of carboxylic acid groups (broad SMARTS) is 2. The first kappa shape index (κ1) is 73.7. The molecule has 0 spiro atoms. The Morgan fingerprint density at radius 3 is 1.70 bits per heavy atom. The molecular weight excluding hydrogens is 1170 g/mol. The zero-order chi connectivity index (χ0) is 66.8. The minimum Gasteiger partial charge on any atom is -0.508 e. The van der Waals surface area contributed by atoms with Crippen molar-refractivity contribution in [2.45, 2.75) is 173 Å². The van der Waals surface area contributed by atoms with Gasteiger partial charge in [0.1, 0.15) is 54.1 Å². The second-order valence-corrected chi connectivity index (χ2v) is 22.0. The van der Waals surface area contributed by atoms with E-state index < -0.39 is 193 Å². The molecule has 1 aliphatic rings. The summed E-state index contributed by atoms with van der Waals surface area (Å²) in [6.45, 7) is 8.67. The molecule has 10 unspecified atom stereocenters. The van der Waals surface area contributed by atoms with E-state index in [4.69, 9.17) is 10.8 Å². The molecule has 17 N–H and O–H groups in total. The average Bonchev–Trinajstić information content (AvgIpc) is 2.72. The normalized spacial score (nSPS) is 15.8. The van der Waals surface area contributed by atoms with Crippen LogP contribution >= 0.6 is 0 Å². The second kappa shape index (κ2) is 35.9. The van der Waals surface area contributed by atoms with Crippen LogP contribution < -0.4 is 58.9 Å². The number of hydrogen-bond donors (Lipinski definition) is 16. The van der Waals surface area contributed by atoms with Crippen molar-refractivity contribution >= 4 is 88.6 Å². The van der Waals surface area contributed by atoms with Gasteiger partial charge in [-0.2, -0.15) is 0 Å². The number of amides is 12. The van der Waals surface area contributed by atoms with Crippen LogP contribution in [0.25, 0.3) is 0 Å². The minimum atomic E-state index is -1.59. The van der Waals surface area contributed by atoms with Crippen LogP contribution in [0.5, 0.6) is 5.75 Å². The van der Waals surface area contributed by atoms with Crippen molar-refractivity contribution < 1.29 is 92.3 Å². The molecule has 1 saturated heterocycles. The number of benzene rings is 1. The first-order chi connectivity index (χ1) is 41.8. The molecule has 33 nitrogen and oxygen atoms in total. The highest BCUT2D eigenvalue weighted by molar-refractivity contribution is 6.38. The van der Waals surface area contributed by atoms with Gasteiger partial charge >= 0.3 is 11.9 Å². The highest BCUT2D eigenvalue weighted by atomic mass is 16.4. The Kier molecular flexibility index (Phi) is 29.7. The number of aliphatic hydroxyl groups excluding tert-OH is 1. The number of phenolic OH excluding ortho intramolecular Hbond substituents is 1. The van der Waals surface area contributed by atoms with Crippen molar-refractivity contribution in [3.63, 3.8) is 0 Å². The lowest BCUT2D eigenvalue weighted by atomic mass is 9.98. The maximum absolute atomic E-state index is 14.3. The van der Waals surface area contributed by atoms with E-state index in [1.807, 2.05) is 0 Å². The van der Waals surface area contributed by atoms with E-state index in [9.17, 15) is 87.2 Å². The van der Waals surface area contributed by atoms with Crippen LogP contribution in [0.15, 0.2) is 36.8 Å². The van der Waals surface area contributed by atoms with E-state index in [1.165, 1.54) is 48.6 Å². The Balaban J connectivity index is 1.67. The van der Waals surface area contributed by atoms with Crippen LogP contribution in [0.4, 0.5) is 0 Å². The number of H-pyrrole nitrogens is 1. The van der Waals surface area contributed by atoms with E-state index in [2.05, 4.69) is 63.1 Å².